The quantitative estimate of drug-likeness (QED) is 0.742. The van der Waals surface area contributed by atoms with Gasteiger partial charge < -0.3 is 4.90 Å². The van der Waals surface area contributed by atoms with Gasteiger partial charge in [0.1, 0.15) is 5.82 Å². The Morgan fingerprint density at radius 3 is 2.73 bits per heavy atom. The summed E-state index contributed by atoms with van der Waals surface area (Å²) in [5.74, 6) is 1.01. The molecule has 2 nitrogen and oxygen atoms in total. The van der Waals surface area contributed by atoms with Crippen LogP contribution in [0.5, 0.6) is 0 Å². The lowest BCUT2D eigenvalue weighted by molar-refractivity contribution is 0.727. The van der Waals surface area contributed by atoms with Crippen LogP contribution in [0.3, 0.4) is 0 Å². The van der Waals surface area contributed by atoms with E-state index in [-0.39, 0.29) is 0 Å². The first-order valence-corrected chi connectivity index (χ1v) is 6.70. The highest BCUT2D eigenvalue weighted by Crippen LogP contribution is 2.15. The van der Waals surface area contributed by atoms with Gasteiger partial charge in [-0.1, -0.05) is 40.9 Å². The maximum Gasteiger partial charge on any atom is 0.128 e. The van der Waals surface area contributed by atoms with Gasteiger partial charge in [-0.05, 0) is 18.6 Å². The van der Waals surface area contributed by atoms with Crippen LogP contribution in [0.15, 0.2) is 18.3 Å². The fraction of sp³-hybridized carbons (Fsp3) is 0.545. The molecule has 0 amide bonds. The molecule has 0 aliphatic carbocycles. The molecule has 1 aromatic heterocycles. The van der Waals surface area contributed by atoms with Crippen molar-refractivity contribution in [1.82, 2.24) is 4.98 Å². The SMILES string of the molecule is CCCCN(CCBr)c1ccc(Cl)cn1. The molecule has 0 unspecified atom stereocenters. The highest BCUT2D eigenvalue weighted by molar-refractivity contribution is 9.09. The number of nitrogens with zero attached hydrogens (tertiary/aromatic N) is 2. The van der Waals surface area contributed by atoms with Crippen LogP contribution in [0.4, 0.5) is 5.82 Å². The predicted octanol–water partition coefficient (Wildman–Crippen LogP) is 3.74. The second-order valence-corrected chi connectivity index (χ2v) is 4.59. The van der Waals surface area contributed by atoms with Gasteiger partial charge in [0.2, 0.25) is 0 Å². The van der Waals surface area contributed by atoms with Gasteiger partial charge in [-0.25, -0.2) is 4.98 Å². The molecule has 0 radical (unpaired) electrons. The summed E-state index contributed by atoms with van der Waals surface area (Å²) >= 11 is 9.27. The Morgan fingerprint density at radius 2 is 2.20 bits per heavy atom. The van der Waals surface area contributed by atoms with E-state index in [1.807, 2.05) is 12.1 Å². The lowest BCUT2D eigenvalue weighted by Crippen LogP contribution is -2.27. The average Bonchev–Trinajstić information content (AvgIpc) is 2.25. The van der Waals surface area contributed by atoms with Gasteiger partial charge in [-0.2, -0.15) is 0 Å². The monoisotopic (exact) mass is 290 g/mol. The zero-order chi connectivity index (χ0) is 11.1. The van der Waals surface area contributed by atoms with Crippen molar-refractivity contribution in [3.63, 3.8) is 0 Å². The zero-order valence-corrected chi connectivity index (χ0v) is 11.3. The predicted molar refractivity (Wildman–Crippen MR) is 70.2 cm³/mol. The Balaban J connectivity index is 2.65. The van der Waals surface area contributed by atoms with Crippen LogP contribution in [0.2, 0.25) is 5.02 Å². The topological polar surface area (TPSA) is 16.1 Å². The summed E-state index contributed by atoms with van der Waals surface area (Å²) in [6.07, 6.45) is 4.09. The Bertz CT molecular complexity index is 276. The largest absolute Gasteiger partial charge is 0.356 e. The molecule has 0 fully saturated rings. The van der Waals surface area contributed by atoms with Crippen molar-refractivity contribution in [3.05, 3.63) is 23.4 Å². The molecule has 0 atom stereocenters. The van der Waals surface area contributed by atoms with E-state index in [1.165, 1.54) is 12.8 Å². The number of hydrogen-bond acceptors (Lipinski definition) is 2. The van der Waals surface area contributed by atoms with Gasteiger partial charge >= 0.3 is 0 Å². The van der Waals surface area contributed by atoms with Crippen LogP contribution < -0.4 is 4.90 Å². The molecule has 0 aliphatic rings. The minimum absolute atomic E-state index is 0.688. The lowest BCUT2D eigenvalue weighted by atomic mass is 10.3. The van der Waals surface area contributed by atoms with Gasteiger partial charge in [-0.3, -0.25) is 0 Å². The fourth-order valence-electron chi connectivity index (χ4n) is 1.35. The van der Waals surface area contributed by atoms with E-state index in [0.29, 0.717) is 5.02 Å². The van der Waals surface area contributed by atoms with Gasteiger partial charge in [0, 0.05) is 24.6 Å². The molecule has 84 valence electrons. The highest BCUT2D eigenvalue weighted by Gasteiger charge is 2.05. The third-order valence-corrected chi connectivity index (χ3v) is 2.75. The first-order chi connectivity index (χ1) is 7.27. The standard InChI is InChI=1S/C11H16BrClN2/c1-2-3-7-15(8-6-12)11-5-4-10(13)9-14-11/h4-5,9H,2-3,6-8H2,1H3. The van der Waals surface area contributed by atoms with E-state index >= 15 is 0 Å². The van der Waals surface area contributed by atoms with Crippen molar-refractivity contribution < 1.29 is 0 Å². The molecular formula is C11H16BrClN2. The Morgan fingerprint density at radius 1 is 1.40 bits per heavy atom. The smallest absolute Gasteiger partial charge is 0.128 e. The molecule has 0 bridgehead atoms. The third-order valence-electron chi connectivity index (χ3n) is 2.17. The summed E-state index contributed by atoms with van der Waals surface area (Å²) in [6.45, 7) is 4.23. The highest BCUT2D eigenvalue weighted by atomic mass is 79.9. The van der Waals surface area contributed by atoms with Gasteiger partial charge in [0.15, 0.2) is 0 Å². The van der Waals surface area contributed by atoms with Crippen molar-refractivity contribution in [2.45, 2.75) is 19.8 Å². The van der Waals surface area contributed by atoms with Crippen LogP contribution in [0.25, 0.3) is 0 Å². The number of hydrogen-bond donors (Lipinski definition) is 0. The van der Waals surface area contributed by atoms with Gasteiger partial charge in [-0.15, -0.1) is 0 Å². The van der Waals surface area contributed by atoms with Gasteiger partial charge in [0.25, 0.3) is 0 Å². The molecule has 0 saturated heterocycles. The fourth-order valence-corrected chi connectivity index (χ4v) is 1.89. The molecule has 0 N–H and O–H groups in total. The van der Waals surface area contributed by atoms with Crippen LogP contribution in [-0.2, 0) is 0 Å². The Hall–Kier alpha value is -0.280. The maximum atomic E-state index is 5.81. The lowest BCUT2D eigenvalue weighted by Gasteiger charge is -2.22. The summed E-state index contributed by atoms with van der Waals surface area (Å²) in [5.41, 5.74) is 0. The second kappa shape index (κ2) is 7.07. The number of aromatic nitrogens is 1. The minimum Gasteiger partial charge on any atom is -0.356 e. The van der Waals surface area contributed by atoms with E-state index in [2.05, 4.69) is 32.7 Å². The molecule has 1 aromatic rings. The molecule has 0 saturated carbocycles. The molecule has 1 rings (SSSR count). The molecule has 1 heterocycles. The van der Waals surface area contributed by atoms with Crippen molar-refractivity contribution >= 4 is 33.3 Å². The first-order valence-electron chi connectivity index (χ1n) is 5.20. The van der Waals surface area contributed by atoms with Crippen LogP contribution in [0, 0.1) is 0 Å². The van der Waals surface area contributed by atoms with Crippen molar-refractivity contribution in [2.24, 2.45) is 0 Å². The number of rotatable bonds is 6. The molecule has 4 heteroatoms. The second-order valence-electron chi connectivity index (χ2n) is 3.36. The van der Waals surface area contributed by atoms with E-state index in [4.69, 9.17) is 11.6 Å². The average molecular weight is 292 g/mol. The number of anilines is 1. The summed E-state index contributed by atoms with van der Waals surface area (Å²) in [6, 6.07) is 3.86. The summed E-state index contributed by atoms with van der Waals surface area (Å²) in [4.78, 5) is 6.60. The van der Waals surface area contributed by atoms with Gasteiger partial charge in [0.05, 0.1) is 5.02 Å². The van der Waals surface area contributed by atoms with E-state index in [1.54, 1.807) is 6.20 Å². The minimum atomic E-state index is 0.688. The maximum absolute atomic E-state index is 5.81. The Kier molecular flexibility index (Phi) is 6.03. The van der Waals surface area contributed by atoms with E-state index in [9.17, 15) is 0 Å². The van der Waals surface area contributed by atoms with Crippen molar-refractivity contribution in [1.29, 1.82) is 0 Å². The first kappa shape index (κ1) is 12.8. The normalized spacial score (nSPS) is 10.3. The molecular weight excluding hydrogens is 275 g/mol. The molecule has 0 spiro atoms. The third kappa shape index (κ3) is 4.39. The number of pyridine rings is 1. The van der Waals surface area contributed by atoms with E-state index < -0.39 is 0 Å². The van der Waals surface area contributed by atoms with Crippen molar-refractivity contribution in [3.8, 4) is 0 Å². The summed E-state index contributed by atoms with van der Waals surface area (Å²) in [7, 11) is 0. The number of alkyl halides is 1. The summed E-state index contributed by atoms with van der Waals surface area (Å²) in [5, 5.41) is 1.65. The zero-order valence-electron chi connectivity index (χ0n) is 8.92. The molecule has 0 aromatic carbocycles. The van der Waals surface area contributed by atoms with E-state index in [0.717, 1.165) is 24.2 Å². The van der Waals surface area contributed by atoms with Crippen LogP contribution >= 0.6 is 27.5 Å². The van der Waals surface area contributed by atoms with Crippen LogP contribution in [-0.4, -0.2) is 23.4 Å². The molecule has 15 heavy (non-hydrogen) atoms. The molecule has 0 aliphatic heterocycles. The van der Waals surface area contributed by atoms with Crippen molar-refractivity contribution in [2.75, 3.05) is 23.3 Å². The van der Waals surface area contributed by atoms with Crippen LogP contribution in [0.1, 0.15) is 19.8 Å². The summed E-state index contributed by atoms with van der Waals surface area (Å²) < 4.78 is 0. The number of halogens is 2. The number of unbranched alkanes of at least 4 members (excludes halogenated alkanes) is 1. The Labute approximate surface area is 105 Å².